The highest BCUT2D eigenvalue weighted by Gasteiger charge is 2.39. The van der Waals surface area contributed by atoms with Crippen molar-refractivity contribution in [2.24, 2.45) is 0 Å². The molecule has 0 N–H and O–H groups in total. The zero-order valence-corrected chi connectivity index (χ0v) is 17.9. The van der Waals surface area contributed by atoms with Crippen LogP contribution in [-0.4, -0.2) is 27.8 Å². The Kier molecular flexibility index (Phi) is 6.04. The zero-order valence-electron chi connectivity index (χ0n) is 17.2. The largest absolute Gasteiger partial charge is 0.497 e. The van der Waals surface area contributed by atoms with E-state index in [0.717, 1.165) is 29.7 Å². The average molecular weight is 425 g/mol. The molecule has 0 bridgehead atoms. The summed E-state index contributed by atoms with van der Waals surface area (Å²) in [5, 5.41) is 5.15. The Hall–Kier alpha value is -2.86. The van der Waals surface area contributed by atoms with Crippen molar-refractivity contribution >= 4 is 23.5 Å². The summed E-state index contributed by atoms with van der Waals surface area (Å²) >= 11 is 6.12. The van der Waals surface area contributed by atoms with E-state index in [1.54, 1.807) is 7.11 Å². The van der Waals surface area contributed by atoms with Crippen molar-refractivity contribution in [3.05, 3.63) is 71.0 Å². The maximum atomic E-state index is 13.2. The van der Waals surface area contributed by atoms with E-state index in [2.05, 4.69) is 17.0 Å². The number of fused-ring (bicyclic) bond motifs is 1. The van der Waals surface area contributed by atoms with Crippen LogP contribution in [0.5, 0.6) is 5.75 Å². The van der Waals surface area contributed by atoms with Crippen LogP contribution in [0.25, 0.3) is 0 Å². The zero-order chi connectivity index (χ0) is 21.1. The Morgan fingerprint density at radius 2 is 1.77 bits per heavy atom. The lowest BCUT2D eigenvalue weighted by Gasteiger charge is -2.39. The first kappa shape index (κ1) is 20.4. The summed E-state index contributed by atoms with van der Waals surface area (Å²) in [7, 11) is 1.65. The van der Waals surface area contributed by atoms with Crippen LogP contribution in [0.15, 0.2) is 54.9 Å². The van der Waals surface area contributed by atoms with Crippen molar-refractivity contribution in [3.8, 4) is 5.75 Å². The van der Waals surface area contributed by atoms with Gasteiger partial charge in [0.15, 0.2) is 0 Å². The third-order valence-electron chi connectivity index (χ3n) is 5.59. The summed E-state index contributed by atoms with van der Waals surface area (Å²) in [6.45, 7) is 2.09. The van der Waals surface area contributed by atoms with Gasteiger partial charge in [-0.25, -0.2) is 4.68 Å². The normalized spacial score (nSPS) is 18.2. The molecule has 4 rings (SSSR count). The Balaban J connectivity index is 1.77. The quantitative estimate of drug-likeness (QED) is 0.545. The van der Waals surface area contributed by atoms with Crippen LogP contribution in [0.3, 0.4) is 0 Å². The molecule has 0 saturated carbocycles. The highest BCUT2D eigenvalue weighted by atomic mass is 35.5. The summed E-state index contributed by atoms with van der Waals surface area (Å²) < 4.78 is 7.16. The predicted molar refractivity (Wildman–Crippen MR) is 117 cm³/mol. The third-order valence-corrected chi connectivity index (χ3v) is 5.84. The van der Waals surface area contributed by atoms with Gasteiger partial charge < -0.3 is 4.74 Å². The second-order valence-corrected chi connectivity index (χ2v) is 7.90. The number of rotatable bonds is 6. The maximum Gasteiger partial charge on any atom is 0.231 e. The van der Waals surface area contributed by atoms with Crippen LogP contribution in [0.4, 0.5) is 5.95 Å². The van der Waals surface area contributed by atoms with Gasteiger partial charge in [0, 0.05) is 11.4 Å². The molecular weight excluding hydrogens is 400 g/mol. The second-order valence-electron chi connectivity index (χ2n) is 7.46. The van der Waals surface area contributed by atoms with Crippen molar-refractivity contribution in [2.75, 3.05) is 12.0 Å². The molecule has 1 aliphatic heterocycles. The van der Waals surface area contributed by atoms with Crippen LogP contribution in [-0.2, 0) is 4.79 Å². The number of amides is 1. The number of benzene rings is 2. The summed E-state index contributed by atoms with van der Waals surface area (Å²) in [5.74, 6) is 1.46. The molecule has 2 atom stereocenters. The van der Waals surface area contributed by atoms with Crippen molar-refractivity contribution in [3.63, 3.8) is 0 Å². The fraction of sp³-hybridized carbons (Fsp3) is 0.348. The topological polar surface area (TPSA) is 60.2 Å². The number of methoxy groups -OCH3 is 1. The number of unbranched alkanes of at least 4 members (excludes halogenated alkanes) is 1. The number of carbonyl (C=O) groups excluding carboxylic acids is 1. The molecule has 0 unspecified atom stereocenters. The lowest BCUT2D eigenvalue weighted by atomic mass is 9.91. The first-order valence-electron chi connectivity index (χ1n) is 10.2. The molecule has 0 spiro atoms. The van der Waals surface area contributed by atoms with Crippen LogP contribution in [0.1, 0.15) is 55.8 Å². The molecule has 1 aromatic heterocycles. The van der Waals surface area contributed by atoms with Gasteiger partial charge in [-0.3, -0.25) is 9.69 Å². The molecule has 2 heterocycles. The number of ether oxygens (including phenoxy) is 1. The van der Waals surface area contributed by atoms with E-state index in [-0.39, 0.29) is 18.0 Å². The highest BCUT2D eigenvalue weighted by Crippen LogP contribution is 2.42. The molecule has 6 nitrogen and oxygen atoms in total. The fourth-order valence-electron chi connectivity index (χ4n) is 4.00. The number of hydrogen-bond acceptors (Lipinski definition) is 4. The molecule has 1 amide bonds. The van der Waals surface area contributed by atoms with Gasteiger partial charge in [-0.2, -0.15) is 10.1 Å². The average Bonchev–Trinajstić information content (AvgIpc) is 3.26. The molecule has 0 radical (unpaired) electrons. The van der Waals surface area contributed by atoms with Crippen molar-refractivity contribution in [1.29, 1.82) is 0 Å². The van der Waals surface area contributed by atoms with E-state index >= 15 is 0 Å². The minimum absolute atomic E-state index is 0.0377. The van der Waals surface area contributed by atoms with Crippen molar-refractivity contribution < 1.29 is 9.53 Å². The van der Waals surface area contributed by atoms with E-state index in [4.69, 9.17) is 16.3 Å². The van der Waals surface area contributed by atoms with Gasteiger partial charge in [0.1, 0.15) is 12.1 Å². The van der Waals surface area contributed by atoms with E-state index < -0.39 is 0 Å². The molecular formula is C23H25ClN4O2. The molecule has 7 heteroatoms. The van der Waals surface area contributed by atoms with Gasteiger partial charge in [0.05, 0.1) is 19.2 Å². The van der Waals surface area contributed by atoms with Gasteiger partial charge in [0.2, 0.25) is 11.9 Å². The Bertz CT molecular complexity index is 1000. The number of nitrogens with zero attached hydrogens (tertiary/aromatic N) is 4. The van der Waals surface area contributed by atoms with Gasteiger partial charge >= 0.3 is 0 Å². The van der Waals surface area contributed by atoms with E-state index in [1.807, 2.05) is 58.1 Å². The van der Waals surface area contributed by atoms with Crippen molar-refractivity contribution in [2.45, 2.75) is 44.7 Å². The standard InChI is InChI=1S/C23H25ClN4O2/c1-3-4-5-22(29)27-20(16-6-10-18(24)11-7-16)14-21(28-23(27)25-15-26-28)17-8-12-19(30-2)13-9-17/h6-13,15,20-21H,3-5,14H2,1-2H3/t20-,21-/m0/s1. The van der Waals surface area contributed by atoms with Gasteiger partial charge in [-0.1, -0.05) is 49.2 Å². The molecule has 30 heavy (non-hydrogen) atoms. The monoisotopic (exact) mass is 424 g/mol. The van der Waals surface area contributed by atoms with E-state index in [0.29, 0.717) is 23.8 Å². The van der Waals surface area contributed by atoms with E-state index in [9.17, 15) is 4.79 Å². The van der Waals surface area contributed by atoms with Crippen LogP contribution >= 0.6 is 11.6 Å². The lowest BCUT2D eigenvalue weighted by molar-refractivity contribution is -0.119. The Morgan fingerprint density at radius 3 is 2.43 bits per heavy atom. The first-order chi connectivity index (χ1) is 14.6. The summed E-state index contributed by atoms with van der Waals surface area (Å²) in [6, 6.07) is 15.5. The first-order valence-corrected chi connectivity index (χ1v) is 10.6. The summed E-state index contributed by atoms with van der Waals surface area (Å²) in [6.07, 6.45) is 4.52. The number of carbonyl (C=O) groups is 1. The fourth-order valence-corrected chi connectivity index (χ4v) is 4.13. The molecule has 0 saturated heterocycles. The summed E-state index contributed by atoms with van der Waals surface area (Å²) in [4.78, 5) is 19.5. The molecule has 3 aromatic rings. The number of hydrogen-bond donors (Lipinski definition) is 0. The third kappa shape index (κ3) is 3.92. The second kappa shape index (κ2) is 8.88. The van der Waals surface area contributed by atoms with E-state index in [1.165, 1.54) is 6.33 Å². The molecule has 2 aromatic carbocycles. The lowest BCUT2D eigenvalue weighted by Crippen LogP contribution is -2.42. The number of anilines is 1. The number of aromatic nitrogens is 3. The number of halogens is 1. The smallest absolute Gasteiger partial charge is 0.231 e. The maximum absolute atomic E-state index is 13.2. The Morgan fingerprint density at radius 1 is 1.10 bits per heavy atom. The van der Waals surface area contributed by atoms with Crippen molar-refractivity contribution in [1.82, 2.24) is 14.8 Å². The predicted octanol–water partition coefficient (Wildman–Crippen LogP) is 5.20. The minimum Gasteiger partial charge on any atom is -0.497 e. The molecule has 0 fully saturated rings. The van der Waals surface area contributed by atoms with Gasteiger partial charge in [0.25, 0.3) is 0 Å². The van der Waals surface area contributed by atoms with Crippen LogP contribution < -0.4 is 9.64 Å². The highest BCUT2D eigenvalue weighted by molar-refractivity contribution is 6.30. The van der Waals surface area contributed by atoms with Crippen LogP contribution in [0, 0.1) is 0 Å². The van der Waals surface area contributed by atoms with Gasteiger partial charge in [-0.05, 0) is 48.2 Å². The minimum atomic E-state index is -0.143. The Labute approximate surface area is 181 Å². The molecule has 1 aliphatic rings. The van der Waals surface area contributed by atoms with Gasteiger partial charge in [-0.15, -0.1) is 0 Å². The SMILES string of the molecule is CCCCC(=O)N1c2ncnn2[C@H](c2ccc(OC)cc2)C[C@H]1c1ccc(Cl)cc1. The summed E-state index contributed by atoms with van der Waals surface area (Å²) in [5.41, 5.74) is 2.14. The molecule has 0 aliphatic carbocycles. The van der Waals surface area contributed by atoms with Crippen LogP contribution in [0.2, 0.25) is 5.02 Å². The molecule has 156 valence electrons.